The van der Waals surface area contributed by atoms with Gasteiger partial charge in [-0.2, -0.15) is 0 Å². The Bertz CT molecular complexity index is 1150. The number of rotatable bonds is 7. The highest BCUT2D eigenvalue weighted by Crippen LogP contribution is 2.32. The van der Waals surface area contributed by atoms with Crippen LogP contribution in [0.4, 0.5) is 25.0 Å². The molecule has 0 spiro atoms. The van der Waals surface area contributed by atoms with Crippen LogP contribution in [0.15, 0.2) is 53.7 Å². The Labute approximate surface area is 208 Å². The zero-order valence-corrected chi connectivity index (χ0v) is 20.8. The number of hydrogen-bond acceptors (Lipinski definition) is 4. The SMILES string of the molecule is CCN1C(=S)NC(c2ccc(NC(=O)Nc3ccc(F)cc3F)cc2)C(C(=O)OCC(C)C)=C1C. The second kappa shape index (κ2) is 11.3. The molecule has 2 amide bonds. The van der Waals surface area contributed by atoms with Gasteiger partial charge in [0.15, 0.2) is 5.11 Å². The number of nitrogens with one attached hydrogen (secondary N) is 3. The fraction of sp³-hybridized carbons (Fsp3) is 0.320. The number of anilines is 2. The van der Waals surface area contributed by atoms with Crippen molar-refractivity contribution >= 4 is 40.7 Å². The molecule has 0 aliphatic carbocycles. The van der Waals surface area contributed by atoms with Gasteiger partial charge >= 0.3 is 12.0 Å². The summed E-state index contributed by atoms with van der Waals surface area (Å²) in [5, 5.41) is 8.64. The van der Waals surface area contributed by atoms with Gasteiger partial charge in [0, 0.05) is 24.0 Å². The van der Waals surface area contributed by atoms with Gasteiger partial charge in [-0.05, 0) is 61.8 Å². The van der Waals surface area contributed by atoms with Gasteiger partial charge in [0.1, 0.15) is 11.6 Å². The zero-order valence-electron chi connectivity index (χ0n) is 19.9. The molecule has 3 N–H and O–H groups in total. The number of carbonyl (C=O) groups is 2. The minimum atomic E-state index is -0.880. The molecule has 7 nitrogen and oxygen atoms in total. The van der Waals surface area contributed by atoms with Crippen molar-refractivity contribution in [2.24, 2.45) is 5.92 Å². The smallest absolute Gasteiger partial charge is 0.338 e. The predicted octanol–water partition coefficient (Wildman–Crippen LogP) is 5.33. The molecule has 0 fully saturated rings. The largest absolute Gasteiger partial charge is 0.462 e. The lowest BCUT2D eigenvalue weighted by atomic mass is 9.95. The van der Waals surface area contributed by atoms with Gasteiger partial charge in [-0.1, -0.05) is 26.0 Å². The number of halogens is 2. The molecule has 3 rings (SSSR count). The molecule has 0 saturated carbocycles. The molecule has 186 valence electrons. The van der Waals surface area contributed by atoms with Crippen LogP contribution in [-0.2, 0) is 9.53 Å². The van der Waals surface area contributed by atoms with Crippen molar-refractivity contribution in [3.8, 4) is 0 Å². The Hall–Kier alpha value is -3.53. The highest BCUT2D eigenvalue weighted by atomic mass is 32.1. The van der Waals surface area contributed by atoms with Crippen molar-refractivity contribution in [3.63, 3.8) is 0 Å². The maximum atomic E-state index is 13.8. The van der Waals surface area contributed by atoms with Crippen LogP contribution < -0.4 is 16.0 Å². The fourth-order valence-corrected chi connectivity index (χ4v) is 4.01. The molecule has 2 aromatic rings. The van der Waals surface area contributed by atoms with Gasteiger partial charge < -0.3 is 25.6 Å². The third-order valence-electron chi connectivity index (χ3n) is 5.36. The third-order valence-corrected chi connectivity index (χ3v) is 5.70. The first-order chi connectivity index (χ1) is 16.6. The molecule has 10 heteroatoms. The predicted molar refractivity (Wildman–Crippen MR) is 135 cm³/mol. The third kappa shape index (κ3) is 6.33. The number of urea groups is 1. The number of nitrogens with zero attached hydrogens (tertiary/aromatic N) is 1. The Morgan fingerprint density at radius 1 is 1.14 bits per heavy atom. The molecule has 0 aromatic heterocycles. The molecule has 1 heterocycles. The quantitative estimate of drug-likeness (QED) is 0.351. The summed E-state index contributed by atoms with van der Waals surface area (Å²) in [4.78, 5) is 27.1. The number of amides is 2. The normalized spacial score (nSPS) is 15.7. The van der Waals surface area contributed by atoms with Crippen molar-refractivity contribution in [3.05, 3.63) is 70.9 Å². The maximum absolute atomic E-state index is 13.8. The van der Waals surface area contributed by atoms with Crippen LogP contribution in [0.2, 0.25) is 0 Å². The molecule has 2 aromatic carbocycles. The Balaban J connectivity index is 1.78. The average molecular weight is 503 g/mol. The summed E-state index contributed by atoms with van der Waals surface area (Å²) in [6.07, 6.45) is 0. The van der Waals surface area contributed by atoms with E-state index in [0.29, 0.717) is 35.6 Å². The molecule has 1 atom stereocenters. The second-order valence-electron chi connectivity index (χ2n) is 8.44. The van der Waals surface area contributed by atoms with E-state index >= 15 is 0 Å². The minimum Gasteiger partial charge on any atom is -0.462 e. The molecular weight excluding hydrogens is 474 g/mol. The molecule has 0 saturated heterocycles. The lowest BCUT2D eigenvalue weighted by Crippen LogP contribution is -2.47. The lowest BCUT2D eigenvalue weighted by molar-refractivity contribution is -0.140. The topological polar surface area (TPSA) is 82.7 Å². The van der Waals surface area contributed by atoms with E-state index in [1.165, 1.54) is 0 Å². The summed E-state index contributed by atoms with van der Waals surface area (Å²) in [6, 6.07) is 8.46. The first-order valence-electron chi connectivity index (χ1n) is 11.2. The van der Waals surface area contributed by atoms with E-state index in [4.69, 9.17) is 17.0 Å². The van der Waals surface area contributed by atoms with Crippen LogP contribution in [0, 0.1) is 17.6 Å². The van der Waals surface area contributed by atoms with E-state index in [0.717, 1.165) is 23.4 Å². The highest BCUT2D eigenvalue weighted by Gasteiger charge is 2.34. The first kappa shape index (κ1) is 26.1. The number of esters is 1. The highest BCUT2D eigenvalue weighted by molar-refractivity contribution is 7.80. The summed E-state index contributed by atoms with van der Waals surface area (Å²) in [5.74, 6) is -1.84. The fourth-order valence-electron chi connectivity index (χ4n) is 3.63. The van der Waals surface area contributed by atoms with Crippen LogP contribution in [-0.4, -0.2) is 35.2 Å². The van der Waals surface area contributed by atoms with Crippen LogP contribution in [0.25, 0.3) is 0 Å². The van der Waals surface area contributed by atoms with Gasteiger partial charge in [-0.25, -0.2) is 18.4 Å². The molecule has 1 aliphatic rings. The zero-order chi connectivity index (χ0) is 25.7. The van der Waals surface area contributed by atoms with Gasteiger partial charge in [0.25, 0.3) is 0 Å². The van der Waals surface area contributed by atoms with Gasteiger partial charge in [-0.15, -0.1) is 0 Å². The summed E-state index contributed by atoms with van der Waals surface area (Å²) < 4.78 is 32.3. The monoisotopic (exact) mass is 502 g/mol. The van der Waals surface area contributed by atoms with Crippen molar-refractivity contribution in [2.75, 3.05) is 23.8 Å². The molecule has 35 heavy (non-hydrogen) atoms. The number of allylic oxidation sites excluding steroid dienone is 1. The van der Waals surface area contributed by atoms with Gasteiger partial charge in [-0.3, -0.25) is 0 Å². The standard InChI is InChI=1S/C25H28F2N4O3S/c1-5-31-15(4)21(23(32)34-13-14(2)3)22(30-25(31)35)16-6-9-18(10-7-16)28-24(33)29-20-11-8-17(26)12-19(20)27/h6-12,14,22H,5,13H2,1-4H3,(H,30,35)(H2,28,29,33). The van der Waals surface area contributed by atoms with E-state index in [-0.39, 0.29) is 11.6 Å². The van der Waals surface area contributed by atoms with Crippen molar-refractivity contribution < 1.29 is 23.1 Å². The molecule has 0 radical (unpaired) electrons. The van der Waals surface area contributed by atoms with Crippen molar-refractivity contribution in [1.82, 2.24) is 10.2 Å². The van der Waals surface area contributed by atoms with E-state index in [1.807, 2.05) is 32.6 Å². The summed E-state index contributed by atoms with van der Waals surface area (Å²) >= 11 is 5.50. The Kier molecular flexibility index (Phi) is 8.39. The summed E-state index contributed by atoms with van der Waals surface area (Å²) in [7, 11) is 0. The number of ether oxygens (including phenoxy) is 1. The Morgan fingerprint density at radius 3 is 2.43 bits per heavy atom. The lowest BCUT2D eigenvalue weighted by Gasteiger charge is -2.37. The average Bonchev–Trinajstić information content (AvgIpc) is 2.80. The van der Waals surface area contributed by atoms with Gasteiger partial charge in [0.05, 0.1) is 23.9 Å². The molecule has 1 unspecified atom stereocenters. The van der Waals surface area contributed by atoms with E-state index in [1.54, 1.807) is 24.3 Å². The van der Waals surface area contributed by atoms with E-state index in [2.05, 4.69) is 16.0 Å². The molecular formula is C25H28F2N4O3S. The number of benzene rings is 2. The number of thiocarbonyl (C=S) groups is 1. The van der Waals surface area contributed by atoms with E-state index < -0.39 is 29.7 Å². The summed E-state index contributed by atoms with van der Waals surface area (Å²) in [5.41, 5.74) is 2.22. The van der Waals surface area contributed by atoms with Crippen LogP contribution in [0.1, 0.15) is 39.3 Å². The Morgan fingerprint density at radius 2 is 1.83 bits per heavy atom. The second-order valence-corrected chi connectivity index (χ2v) is 8.83. The van der Waals surface area contributed by atoms with Crippen LogP contribution >= 0.6 is 12.2 Å². The molecule has 1 aliphatic heterocycles. The van der Waals surface area contributed by atoms with E-state index in [9.17, 15) is 18.4 Å². The van der Waals surface area contributed by atoms with Crippen LogP contribution in [0.3, 0.4) is 0 Å². The number of carbonyl (C=O) groups excluding carboxylic acids is 2. The van der Waals surface area contributed by atoms with Gasteiger partial charge in [0.2, 0.25) is 0 Å². The van der Waals surface area contributed by atoms with Crippen molar-refractivity contribution in [1.29, 1.82) is 0 Å². The van der Waals surface area contributed by atoms with Crippen LogP contribution in [0.5, 0.6) is 0 Å². The molecule has 0 bridgehead atoms. The number of hydrogen-bond donors (Lipinski definition) is 3. The summed E-state index contributed by atoms with van der Waals surface area (Å²) in [6.45, 7) is 8.60. The maximum Gasteiger partial charge on any atom is 0.338 e. The first-order valence-corrected chi connectivity index (χ1v) is 11.6. The van der Waals surface area contributed by atoms with Crippen molar-refractivity contribution in [2.45, 2.75) is 33.7 Å². The minimum absolute atomic E-state index is 0.147.